The molecule has 21 heavy (non-hydrogen) atoms. The molecule has 0 spiro atoms. The van der Waals surface area contributed by atoms with Gasteiger partial charge >= 0.3 is 5.97 Å². The molecule has 6 heteroatoms. The minimum Gasteiger partial charge on any atom is -0.466 e. The fourth-order valence-corrected chi connectivity index (χ4v) is 1.83. The molecule has 0 fully saturated rings. The number of amides is 1. The van der Waals surface area contributed by atoms with E-state index in [-0.39, 0.29) is 32.0 Å². The van der Waals surface area contributed by atoms with Crippen LogP contribution in [0, 0.1) is 5.82 Å². The molecule has 1 unspecified atom stereocenters. The average Bonchev–Trinajstić information content (AvgIpc) is 2.43. The molecule has 1 atom stereocenters. The van der Waals surface area contributed by atoms with E-state index in [0.29, 0.717) is 5.56 Å². The Balaban J connectivity index is 2.74. The molecule has 0 bridgehead atoms. The van der Waals surface area contributed by atoms with E-state index >= 15 is 0 Å². The van der Waals surface area contributed by atoms with Gasteiger partial charge in [-0.25, -0.2) is 4.39 Å². The number of esters is 1. The second kappa shape index (κ2) is 8.36. The van der Waals surface area contributed by atoms with Crippen LogP contribution in [-0.2, 0) is 9.53 Å². The maximum Gasteiger partial charge on any atom is 0.307 e. The van der Waals surface area contributed by atoms with Crippen molar-refractivity contribution in [1.82, 2.24) is 4.90 Å². The first-order chi connectivity index (χ1) is 9.93. The largest absolute Gasteiger partial charge is 0.466 e. The molecular weight excluding hydrogens is 277 g/mol. The third-order valence-corrected chi connectivity index (χ3v) is 2.75. The number of hydrogen-bond donors (Lipinski definition) is 1. The first-order valence-corrected chi connectivity index (χ1v) is 6.82. The van der Waals surface area contributed by atoms with Crippen molar-refractivity contribution >= 4 is 11.9 Å². The van der Waals surface area contributed by atoms with E-state index in [4.69, 9.17) is 4.74 Å². The van der Waals surface area contributed by atoms with E-state index in [0.717, 1.165) is 0 Å². The van der Waals surface area contributed by atoms with Gasteiger partial charge in [0.05, 0.1) is 19.1 Å². The molecule has 0 saturated heterocycles. The Morgan fingerprint density at radius 2 is 1.95 bits per heavy atom. The molecule has 1 aromatic carbocycles. The van der Waals surface area contributed by atoms with E-state index in [1.807, 2.05) is 0 Å². The van der Waals surface area contributed by atoms with E-state index in [1.165, 1.54) is 29.2 Å². The summed E-state index contributed by atoms with van der Waals surface area (Å²) in [6.45, 7) is 3.77. The van der Waals surface area contributed by atoms with Crippen molar-refractivity contribution in [3.63, 3.8) is 0 Å². The third-order valence-electron chi connectivity index (χ3n) is 2.75. The lowest BCUT2D eigenvalue weighted by atomic mass is 10.2. The van der Waals surface area contributed by atoms with Crippen LogP contribution in [0.25, 0.3) is 0 Å². The highest BCUT2D eigenvalue weighted by atomic mass is 19.1. The summed E-state index contributed by atoms with van der Waals surface area (Å²) >= 11 is 0. The maximum atomic E-state index is 12.9. The molecule has 0 saturated carbocycles. The highest BCUT2D eigenvalue weighted by Crippen LogP contribution is 2.08. The number of nitrogens with zero attached hydrogens (tertiary/aromatic N) is 1. The summed E-state index contributed by atoms with van der Waals surface area (Å²) in [4.78, 5) is 25.0. The van der Waals surface area contributed by atoms with Gasteiger partial charge in [-0.1, -0.05) is 0 Å². The van der Waals surface area contributed by atoms with Gasteiger partial charge in [-0.05, 0) is 38.1 Å². The monoisotopic (exact) mass is 297 g/mol. The van der Waals surface area contributed by atoms with Gasteiger partial charge in [0.25, 0.3) is 5.91 Å². The van der Waals surface area contributed by atoms with Crippen molar-refractivity contribution in [3.8, 4) is 0 Å². The molecule has 0 heterocycles. The molecule has 1 rings (SSSR count). The zero-order valence-electron chi connectivity index (χ0n) is 12.2. The molecule has 1 amide bonds. The van der Waals surface area contributed by atoms with Crippen molar-refractivity contribution in [2.75, 3.05) is 19.7 Å². The first kappa shape index (κ1) is 17.1. The Labute approximate surface area is 123 Å². The Morgan fingerprint density at radius 3 is 2.48 bits per heavy atom. The van der Waals surface area contributed by atoms with Crippen molar-refractivity contribution in [1.29, 1.82) is 0 Å². The molecule has 0 aliphatic carbocycles. The maximum absolute atomic E-state index is 12.9. The average molecular weight is 297 g/mol. The zero-order valence-corrected chi connectivity index (χ0v) is 12.2. The second-order valence-corrected chi connectivity index (χ2v) is 4.66. The van der Waals surface area contributed by atoms with Crippen LogP contribution >= 0.6 is 0 Å². The smallest absolute Gasteiger partial charge is 0.307 e. The number of benzene rings is 1. The van der Waals surface area contributed by atoms with Crippen molar-refractivity contribution in [2.24, 2.45) is 0 Å². The molecule has 5 nitrogen and oxygen atoms in total. The molecular formula is C15H20FNO4. The van der Waals surface area contributed by atoms with E-state index in [9.17, 15) is 19.1 Å². The number of halogens is 1. The molecule has 116 valence electrons. The van der Waals surface area contributed by atoms with Crippen molar-refractivity contribution < 1.29 is 23.8 Å². The summed E-state index contributed by atoms with van der Waals surface area (Å²) in [5, 5.41) is 9.46. The second-order valence-electron chi connectivity index (χ2n) is 4.66. The summed E-state index contributed by atoms with van der Waals surface area (Å²) in [6, 6.07) is 5.13. The van der Waals surface area contributed by atoms with E-state index in [1.54, 1.807) is 13.8 Å². The number of carbonyl (C=O) groups excluding carboxylic acids is 2. The predicted molar refractivity (Wildman–Crippen MR) is 75.2 cm³/mol. The summed E-state index contributed by atoms with van der Waals surface area (Å²) in [6.07, 6.45) is -0.676. The molecule has 0 aliphatic heterocycles. The summed E-state index contributed by atoms with van der Waals surface area (Å²) in [5.41, 5.74) is 0.306. The first-order valence-electron chi connectivity index (χ1n) is 6.82. The van der Waals surface area contributed by atoms with Gasteiger partial charge < -0.3 is 14.7 Å². The van der Waals surface area contributed by atoms with Crippen LogP contribution in [0.3, 0.4) is 0 Å². The minimum atomic E-state index is -0.725. The van der Waals surface area contributed by atoms with E-state index < -0.39 is 17.9 Å². The van der Waals surface area contributed by atoms with Crippen molar-refractivity contribution in [2.45, 2.75) is 26.4 Å². The van der Waals surface area contributed by atoms with Gasteiger partial charge in [-0.15, -0.1) is 0 Å². The standard InChI is InChI=1S/C15H20FNO4/c1-3-21-14(19)8-9-17(10-11(2)18)15(20)12-4-6-13(16)7-5-12/h4-7,11,18H,3,8-10H2,1-2H3. The van der Waals surface area contributed by atoms with Crippen LogP contribution in [0.4, 0.5) is 4.39 Å². The number of carbonyl (C=O) groups is 2. The zero-order chi connectivity index (χ0) is 15.8. The highest BCUT2D eigenvalue weighted by molar-refractivity contribution is 5.94. The highest BCUT2D eigenvalue weighted by Gasteiger charge is 2.18. The van der Waals surface area contributed by atoms with Crippen LogP contribution in [0.2, 0.25) is 0 Å². The molecule has 1 aromatic rings. The predicted octanol–water partition coefficient (Wildman–Crippen LogP) is 1.60. The molecule has 1 N–H and O–H groups in total. The molecule has 0 aliphatic rings. The number of aliphatic hydroxyl groups is 1. The number of rotatable bonds is 7. The Hall–Kier alpha value is -1.95. The van der Waals surface area contributed by atoms with Gasteiger partial charge in [0, 0.05) is 18.7 Å². The summed E-state index contributed by atoms with van der Waals surface area (Å²) < 4.78 is 17.7. The quantitative estimate of drug-likeness (QED) is 0.776. The Bertz CT molecular complexity index is 473. The van der Waals surface area contributed by atoms with Crippen LogP contribution in [-0.4, -0.2) is 47.7 Å². The molecule has 0 radical (unpaired) electrons. The molecule has 0 aromatic heterocycles. The van der Waals surface area contributed by atoms with Crippen LogP contribution in [0.15, 0.2) is 24.3 Å². The van der Waals surface area contributed by atoms with Gasteiger partial charge in [0.15, 0.2) is 0 Å². The minimum absolute atomic E-state index is 0.0491. The van der Waals surface area contributed by atoms with E-state index in [2.05, 4.69) is 0 Å². The SMILES string of the molecule is CCOC(=O)CCN(CC(C)O)C(=O)c1ccc(F)cc1. The fraction of sp³-hybridized carbons (Fsp3) is 0.467. The number of aliphatic hydroxyl groups excluding tert-OH is 1. The van der Waals surface area contributed by atoms with Gasteiger partial charge in [0.2, 0.25) is 0 Å². The van der Waals surface area contributed by atoms with Gasteiger partial charge in [-0.3, -0.25) is 9.59 Å². The van der Waals surface area contributed by atoms with Crippen molar-refractivity contribution in [3.05, 3.63) is 35.6 Å². The van der Waals surface area contributed by atoms with Gasteiger partial charge in [-0.2, -0.15) is 0 Å². The fourth-order valence-electron chi connectivity index (χ4n) is 1.83. The lowest BCUT2D eigenvalue weighted by Crippen LogP contribution is -2.38. The van der Waals surface area contributed by atoms with Crippen LogP contribution < -0.4 is 0 Å². The Kier molecular flexibility index (Phi) is 6.81. The normalized spacial score (nSPS) is 11.8. The lowest BCUT2D eigenvalue weighted by Gasteiger charge is -2.23. The van der Waals surface area contributed by atoms with Gasteiger partial charge in [0.1, 0.15) is 5.82 Å². The Morgan fingerprint density at radius 1 is 1.33 bits per heavy atom. The summed E-state index contributed by atoms with van der Waals surface area (Å²) in [7, 11) is 0. The van der Waals surface area contributed by atoms with Crippen LogP contribution in [0.1, 0.15) is 30.6 Å². The lowest BCUT2D eigenvalue weighted by molar-refractivity contribution is -0.143. The van der Waals surface area contributed by atoms with Crippen LogP contribution in [0.5, 0.6) is 0 Å². The number of hydrogen-bond acceptors (Lipinski definition) is 4. The topological polar surface area (TPSA) is 66.8 Å². The number of ether oxygens (including phenoxy) is 1. The summed E-state index contributed by atoms with van der Waals surface area (Å²) in [5.74, 6) is -1.19. The third kappa shape index (κ3) is 5.91.